The Hall–Kier alpha value is -0.870. The van der Waals surface area contributed by atoms with Gasteiger partial charge in [0.1, 0.15) is 5.01 Å². The average Bonchev–Trinajstić information content (AvgIpc) is 2.88. The normalized spacial score (nSPS) is 19.3. The summed E-state index contributed by atoms with van der Waals surface area (Å²) >= 11 is 1.74. The van der Waals surface area contributed by atoms with Crippen LogP contribution in [0.2, 0.25) is 0 Å². The second-order valence-corrected chi connectivity index (χ2v) is 4.50. The Morgan fingerprint density at radius 1 is 1.47 bits per heavy atom. The molecular formula is C10H12ClN3S. The molecule has 0 radical (unpaired) electrons. The van der Waals surface area contributed by atoms with Crippen molar-refractivity contribution < 1.29 is 0 Å². The Balaban J connectivity index is 0.000000853. The summed E-state index contributed by atoms with van der Waals surface area (Å²) in [7, 11) is 0. The van der Waals surface area contributed by atoms with Crippen LogP contribution in [0, 0.1) is 0 Å². The Bertz CT molecular complexity index is 424. The van der Waals surface area contributed by atoms with E-state index in [2.05, 4.69) is 14.5 Å². The standard InChI is InChI=1S/C10H11N3S.ClH/c1-2-8-6-11-7-13(8)9(3-1)10-12-4-5-14-10;/h4-7,9H,1-3H2;1H. The van der Waals surface area contributed by atoms with Gasteiger partial charge in [0.25, 0.3) is 0 Å². The topological polar surface area (TPSA) is 30.7 Å². The molecule has 0 fully saturated rings. The van der Waals surface area contributed by atoms with Gasteiger partial charge in [-0.15, -0.1) is 23.7 Å². The van der Waals surface area contributed by atoms with E-state index >= 15 is 0 Å². The van der Waals surface area contributed by atoms with Crippen molar-refractivity contribution in [2.24, 2.45) is 0 Å². The lowest BCUT2D eigenvalue weighted by atomic mass is 10.0. The Morgan fingerprint density at radius 3 is 3.20 bits per heavy atom. The van der Waals surface area contributed by atoms with Crippen LogP contribution in [0.15, 0.2) is 24.1 Å². The first-order valence-corrected chi connectivity index (χ1v) is 5.73. The van der Waals surface area contributed by atoms with Gasteiger partial charge in [0.2, 0.25) is 0 Å². The molecule has 0 N–H and O–H groups in total. The second kappa shape index (κ2) is 4.33. The Labute approximate surface area is 98.6 Å². The van der Waals surface area contributed by atoms with Gasteiger partial charge in [0.05, 0.1) is 12.4 Å². The molecule has 1 aliphatic rings. The summed E-state index contributed by atoms with van der Waals surface area (Å²) in [5.41, 5.74) is 1.34. The molecule has 0 saturated heterocycles. The molecule has 0 saturated carbocycles. The third-order valence-electron chi connectivity index (χ3n) is 2.73. The molecule has 3 nitrogen and oxygen atoms in total. The maximum atomic E-state index is 4.39. The van der Waals surface area contributed by atoms with Gasteiger partial charge in [0.15, 0.2) is 0 Å². The maximum absolute atomic E-state index is 4.39. The van der Waals surface area contributed by atoms with Gasteiger partial charge in [0, 0.05) is 23.5 Å². The highest BCUT2D eigenvalue weighted by Crippen LogP contribution is 2.31. The maximum Gasteiger partial charge on any atom is 0.115 e. The molecule has 0 bridgehead atoms. The number of thiazole rings is 1. The summed E-state index contributed by atoms with van der Waals surface area (Å²) < 4.78 is 2.27. The van der Waals surface area contributed by atoms with E-state index in [0.717, 1.165) is 6.42 Å². The Morgan fingerprint density at radius 2 is 2.40 bits per heavy atom. The number of hydrogen-bond donors (Lipinski definition) is 0. The number of nitrogens with zero attached hydrogens (tertiary/aromatic N) is 3. The smallest absolute Gasteiger partial charge is 0.115 e. The fraction of sp³-hybridized carbons (Fsp3) is 0.400. The fourth-order valence-electron chi connectivity index (χ4n) is 2.06. The van der Waals surface area contributed by atoms with Crippen LogP contribution in [0.1, 0.15) is 29.6 Å². The van der Waals surface area contributed by atoms with Crippen LogP contribution in [0.25, 0.3) is 0 Å². The van der Waals surface area contributed by atoms with Crippen LogP contribution in [0.4, 0.5) is 0 Å². The first kappa shape index (κ1) is 10.6. The van der Waals surface area contributed by atoms with Crippen LogP contribution in [-0.4, -0.2) is 14.5 Å². The zero-order valence-electron chi connectivity index (χ0n) is 8.17. The first-order chi connectivity index (χ1) is 6.95. The van der Waals surface area contributed by atoms with Gasteiger partial charge < -0.3 is 4.57 Å². The molecule has 15 heavy (non-hydrogen) atoms. The van der Waals surface area contributed by atoms with E-state index < -0.39 is 0 Å². The minimum atomic E-state index is 0. The van der Waals surface area contributed by atoms with E-state index in [4.69, 9.17) is 0 Å². The highest BCUT2D eigenvalue weighted by molar-refractivity contribution is 7.09. The summed E-state index contributed by atoms with van der Waals surface area (Å²) in [5, 5.41) is 3.25. The number of aryl methyl sites for hydroxylation is 1. The molecule has 1 atom stereocenters. The third kappa shape index (κ3) is 1.79. The molecule has 0 spiro atoms. The molecule has 2 aromatic rings. The zero-order chi connectivity index (χ0) is 9.38. The van der Waals surface area contributed by atoms with Gasteiger partial charge in [-0.05, 0) is 19.3 Å². The number of imidazole rings is 1. The highest BCUT2D eigenvalue weighted by Gasteiger charge is 2.22. The number of hydrogen-bond acceptors (Lipinski definition) is 3. The predicted molar refractivity (Wildman–Crippen MR) is 62.7 cm³/mol. The van der Waals surface area contributed by atoms with E-state index in [1.807, 2.05) is 24.1 Å². The van der Waals surface area contributed by atoms with Crippen molar-refractivity contribution in [3.05, 3.63) is 34.8 Å². The van der Waals surface area contributed by atoms with Gasteiger partial charge in [-0.25, -0.2) is 9.97 Å². The first-order valence-electron chi connectivity index (χ1n) is 4.85. The minimum Gasteiger partial charge on any atom is -0.325 e. The second-order valence-electron chi connectivity index (χ2n) is 3.57. The van der Waals surface area contributed by atoms with E-state index in [9.17, 15) is 0 Å². The van der Waals surface area contributed by atoms with Gasteiger partial charge in [-0.2, -0.15) is 0 Å². The summed E-state index contributed by atoms with van der Waals surface area (Å²) in [6, 6.07) is 0.432. The van der Waals surface area contributed by atoms with E-state index in [1.54, 1.807) is 11.3 Å². The molecule has 0 aromatic carbocycles. The molecule has 80 valence electrons. The van der Waals surface area contributed by atoms with Crippen LogP contribution in [0.5, 0.6) is 0 Å². The number of fused-ring (bicyclic) bond motifs is 1. The molecule has 0 aliphatic carbocycles. The van der Waals surface area contributed by atoms with Crippen molar-refractivity contribution in [2.75, 3.05) is 0 Å². The quantitative estimate of drug-likeness (QED) is 0.769. The van der Waals surface area contributed by atoms with Crippen molar-refractivity contribution in [1.82, 2.24) is 14.5 Å². The van der Waals surface area contributed by atoms with Gasteiger partial charge in [-0.3, -0.25) is 0 Å². The monoisotopic (exact) mass is 241 g/mol. The van der Waals surface area contributed by atoms with E-state index in [-0.39, 0.29) is 12.4 Å². The molecule has 5 heteroatoms. The lowest BCUT2D eigenvalue weighted by Crippen LogP contribution is -2.17. The zero-order valence-corrected chi connectivity index (χ0v) is 9.80. The minimum absolute atomic E-state index is 0. The van der Waals surface area contributed by atoms with Crippen LogP contribution in [0.3, 0.4) is 0 Å². The van der Waals surface area contributed by atoms with Crippen molar-refractivity contribution in [2.45, 2.75) is 25.3 Å². The highest BCUT2D eigenvalue weighted by atomic mass is 35.5. The van der Waals surface area contributed by atoms with Crippen LogP contribution >= 0.6 is 23.7 Å². The molecule has 3 heterocycles. The van der Waals surface area contributed by atoms with Crippen molar-refractivity contribution in [3.63, 3.8) is 0 Å². The van der Waals surface area contributed by atoms with Crippen molar-refractivity contribution >= 4 is 23.7 Å². The fourth-order valence-corrected chi connectivity index (χ4v) is 2.83. The van der Waals surface area contributed by atoms with Gasteiger partial charge >= 0.3 is 0 Å². The van der Waals surface area contributed by atoms with E-state index in [0.29, 0.717) is 6.04 Å². The van der Waals surface area contributed by atoms with Crippen LogP contribution < -0.4 is 0 Å². The molecule has 2 aromatic heterocycles. The van der Waals surface area contributed by atoms with Crippen molar-refractivity contribution in [3.8, 4) is 0 Å². The lowest BCUT2D eigenvalue weighted by Gasteiger charge is -2.23. The van der Waals surface area contributed by atoms with Gasteiger partial charge in [-0.1, -0.05) is 0 Å². The third-order valence-corrected chi connectivity index (χ3v) is 3.61. The lowest BCUT2D eigenvalue weighted by molar-refractivity contribution is 0.456. The molecule has 3 rings (SSSR count). The number of aromatic nitrogens is 3. The summed E-state index contributed by atoms with van der Waals surface area (Å²) in [4.78, 5) is 8.59. The largest absolute Gasteiger partial charge is 0.325 e. The SMILES string of the molecule is Cl.c1csc(C2CCCc3cncn32)n1. The summed E-state index contributed by atoms with van der Waals surface area (Å²) in [6.45, 7) is 0. The molecule has 1 aliphatic heterocycles. The van der Waals surface area contributed by atoms with Crippen molar-refractivity contribution in [1.29, 1.82) is 0 Å². The average molecular weight is 242 g/mol. The molecule has 0 amide bonds. The number of rotatable bonds is 1. The molecular weight excluding hydrogens is 230 g/mol. The summed E-state index contributed by atoms with van der Waals surface area (Å²) in [6.07, 6.45) is 9.38. The molecule has 1 unspecified atom stereocenters. The van der Waals surface area contributed by atoms with Crippen LogP contribution in [-0.2, 0) is 6.42 Å². The van der Waals surface area contributed by atoms with E-state index in [1.165, 1.54) is 23.5 Å². The number of halogens is 1. The summed E-state index contributed by atoms with van der Waals surface area (Å²) in [5.74, 6) is 0. The predicted octanol–water partition coefficient (Wildman–Crippen LogP) is 2.69. The Kier molecular flexibility index (Phi) is 3.07.